The van der Waals surface area contributed by atoms with Crippen LogP contribution in [-0.4, -0.2) is 36.2 Å². The maximum Gasteiger partial charge on any atom is 0.270 e. The lowest BCUT2D eigenvalue weighted by Crippen LogP contribution is -2.60. The van der Waals surface area contributed by atoms with Crippen molar-refractivity contribution in [3.05, 3.63) is 94.7 Å². The minimum atomic E-state index is -1.41. The van der Waals surface area contributed by atoms with Gasteiger partial charge in [0.15, 0.2) is 5.65 Å². The number of aryl methyl sites for hydroxylation is 2. The first-order valence-corrected chi connectivity index (χ1v) is 10.9. The highest BCUT2D eigenvalue weighted by Crippen LogP contribution is 2.37. The molecule has 3 aromatic heterocycles. The third-order valence-corrected chi connectivity index (χ3v) is 5.96. The molecule has 3 heterocycles. The molecule has 1 amide bonds. The van der Waals surface area contributed by atoms with Crippen LogP contribution in [0.1, 0.15) is 52.4 Å². The van der Waals surface area contributed by atoms with Crippen LogP contribution in [0.25, 0.3) is 5.65 Å². The molecular weight excluding hydrogens is 428 g/mol. The number of nitrogens with one attached hydrogen (secondary N) is 1. The molecule has 1 atom stereocenters. The van der Waals surface area contributed by atoms with Crippen LogP contribution >= 0.6 is 0 Å². The number of hydrogen-bond acceptors (Lipinski definition) is 6. The topological polar surface area (TPSA) is 116 Å². The average molecular weight is 455 g/mol. The van der Waals surface area contributed by atoms with E-state index in [1.807, 2.05) is 32.0 Å². The largest absolute Gasteiger partial charge is 0.388 e. The standard InChI is InChI=1S/C26H26N6O2/c1-17-12-20(13-18(2)29-17)15-26(25(3,4)34,21-7-5-6-19(14-21)16-27)31-24(33)22-9-11-32-23(30-22)8-10-28-32/h5-14,34H,15H2,1-4H3,(H,31,33)/t26-/m0/s1. The number of carbonyl (C=O) groups is 1. The van der Waals surface area contributed by atoms with E-state index < -0.39 is 17.0 Å². The van der Waals surface area contributed by atoms with Gasteiger partial charge in [-0.3, -0.25) is 9.78 Å². The van der Waals surface area contributed by atoms with Gasteiger partial charge in [0, 0.05) is 30.1 Å². The van der Waals surface area contributed by atoms with Crippen molar-refractivity contribution in [1.82, 2.24) is 24.9 Å². The summed E-state index contributed by atoms with van der Waals surface area (Å²) in [6, 6.07) is 16.3. The zero-order valence-corrected chi connectivity index (χ0v) is 19.6. The SMILES string of the molecule is Cc1cc(C[C@](NC(=O)c2ccn3nccc3n2)(c2cccc(C#N)c2)C(C)(C)O)cc(C)n1. The summed E-state index contributed by atoms with van der Waals surface area (Å²) in [6.07, 6.45) is 3.54. The van der Waals surface area contributed by atoms with Gasteiger partial charge in [0.05, 0.1) is 29.0 Å². The van der Waals surface area contributed by atoms with E-state index in [4.69, 9.17) is 0 Å². The number of fused-ring (bicyclic) bond motifs is 1. The number of aromatic nitrogens is 4. The van der Waals surface area contributed by atoms with Gasteiger partial charge in [-0.25, -0.2) is 9.50 Å². The lowest BCUT2D eigenvalue weighted by Gasteiger charge is -2.45. The monoisotopic (exact) mass is 454 g/mol. The second-order valence-electron chi connectivity index (χ2n) is 8.99. The Balaban J connectivity index is 1.87. The van der Waals surface area contributed by atoms with Crippen LogP contribution in [0.2, 0.25) is 0 Å². The van der Waals surface area contributed by atoms with Gasteiger partial charge in [0.25, 0.3) is 5.91 Å². The number of nitrogens with zero attached hydrogens (tertiary/aromatic N) is 5. The van der Waals surface area contributed by atoms with Crippen LogP contribution in [-0.2, 0) is 12.0 Å². The number of hydrogen-bond donors (Lipinski definition) is 2. The minimum Gasteiger partial charge on any atom is -0.388 e. The molecule has 172 valence electrons. The first-order valence-electron chi connectivity index (χ1n) is 10.9. The maximum absolute atomic E-state index is 13.5. The van der Waals surface area contributed by atoms with Crippen LogP contribution in [0.3, 0.4) is 0 Å². The van der Waals surface area contributed by atoms with Crippen LogP contribution in [0.4, 0.5) is 0 Å². The molecule has 0 fully saturated rings. The van der Waals surface area contributed by atoms with Crippen molar-refractivity contribution in [2.45, 2.75) is 45.3 Å². The van der Waals surface area contributed by atoms with Crippen molar-refractivity contribution in [3.63, 3.8) is 0 Å². The first kappa shape index (κ1) is 23.1. The smallest absolute Gasteiger partial charge is 0.270 e. The fourth-order valence-corrected chi connectivity index (χ4v) is 4.32. The highest BCUT2D eigenvalue weighted by atomic mass is 16.3. The Morgan fingerprint density at radius 1 is 1.12 bits per heavy atom. The van der Waals surface area contributed by atoms with E-state index in [9.17, 15) is 15.2 Å². The molecule has 34 heavy (non-hydrogen) atoms. The van der Waals surface area contributed by atoms with E-state index in [2.05, 4.69) is 26.5 Å². The van der Waals surface area contributed by atoms with Gasteiger partial charge in [0.2, 0.25) is 0 Å². The number of aliphatic hydroxyl groups is 1. The third-order valence-electron chi connectivity index (χ3n) is 5.96. The molecule has 0 aliphatic carbocycles. The number of nitriles is 1. The average Bonchev–Trinajstić information content (AvgIpc) is 3.25. The van der Waals surface area contributed by atoms with E-state index in [-0.39, 0.29) is 12.1 Å². The Kier molecular flexibility index (Phi) is 5.90. The summed E-state index contributed by atoms with van der Waals surface area (Å²) in [7, 11) is 0. The van der Waals surface area contributed by atoms with Gasteiger partial charge in [-0.1, -0.05) is 12.1 Å². The van der Waals surface area contributed by atoms with E-state index in [0.29, 0.717) is 16.8 Å². The molecule has 0 radical (unpaired) electrons. The van der Waals surface area contributed by atoms with Crippen molar-refractivity contribution >= 4 is 11.6 Å². The Morgan fingerprint density at radius 2 is 1.85 bits per heavy atom. The van der Waals surface area contributed by atoms with Gasteiger partial charge >= 0.3 is 0 Å². The summed E-state index contributed by atoms with van der Waals surface area (Å²) in [4.78, 5) is 22.4. The summed E-state index contributed by atoms with van der Waals surface area (Å²) >= 11 is 0. The van der Waals surface area contributed by atoms with Crippen molar-refractivity contribution in [3.8, 4) is 6.07 Å². The summed E-state index contributed by atoms with van der Waals surface area (Å²) < 4.78 is 1.57. The van der Waals surface area contributed by atoms with Crippen molar-refractivity contribution in [1.29, 1.82) is 5.26 Å². The van der Waals surface area contributed by atoms with Crippen molar-refractivity contribution in [2.24, 2.45) is 0 Å². The highest BCUT2D eigenvalue weighted by Gasteiger charge is 2.47. The van der Waals surface area contributed by atoms with Crippen LogP contribution in [0.15, 0.2) is 60.9 Å². The van der Waals surface area contributed by atoms with Gasteiger partial charge in [-0.05, 0) is 69.2 Å². The van der Waals surface area contributed by atoms with Crippen molar-refractivity contribution < 1.29 is 9.90 Å². The lowest BCUT2D eigenvalue weighted by molar-refractivity contribution is -0.0234. The Labute approximate surface area is 197 Å². The summed E-state index contributed by atoms with van der Waals surface area (Å²) in [5.74, 6) is -0.448. The number of benzene rings is 1. The molecule has 0 spiro atoms. The van der Waals surface area contributed by atoms with Gasteiger partial charge in [0.1, 0.15) is 5.69 Å². The predicted octanol–water partition coefficient (Wildman–Crippen LogP) is 3.25. The Bertz CT molecular complexity index is 1390. The van der Waals surface area contributed by atoms with E-state index >= 15 is 0 Å². The maximum atomic E-state index is 13.5. The van der Waals surface area contributed by atoms with E-state index in [1.165, 1.54) is 0 Å². The normalized spacial score (nSPS) is 13.3. The van der Waals surface area contributed by atoms with Gasteiger partial charge in [-0.2, -0.15) is 10.4 Å². The lowest BCUT2D eigenvalue weighted by atomic mass is 9.72. The van der Waals surface area contributed by atoms with Gasteiger partial charge < -0.3 is 10.4 Å². The molecule has 0 aliphatic heterocycles. The first-order chi connectivity index (χ1) is 16.1. The zero-order chi connectivity index (χ0) is 24.5. The molecule has 8 heteroatoms. The fourth-order valence-electron chi connectivity index (χ4n) is 4.32. The van der Waals surface area contributed by atoms with E-state index in [0.717, 1.165) is 17.0 Å². The molecule has 4 rings (SSSR count). The van der Waals surface area contributed by atoms with Crippen LogP contribution < -0.4 is 5.32 Å². The van der Waals surface area contributed by atoms with Crippen LogP contribution in [0, 0.1) is 25.2 Å². The highest BCUT2D eigenvalue weighted by molar-refractivity contribution is 5.93. The molecule has 0 bridgehead atoms. The number of pyridine rings is 1. The number of rotatable bonds is 6. The molecule has 0 saturated heterocycles. The molecule has 0 aliphatic rings. The van der Waals surface area contributed by atoms with Crippen molar-refractivity contribution in [2.75, 3.05) is 0 Å². The summed E-state index contributed by atoms with van der Waals surface area (Å²) in [5, 5.41) is 28.2. The minimum absolute atomic E-state index is 0.195. The quantitative estimate of drug-likeness (QED) is 0.462. The summed E-state index contributed by atoms with van der Waals surface area (Å²) in [5.41, 5.74) is 1.66. The van der Waals surface area contributed by atoms with E-state index in [1.54, 1.807) is 61.1 Å². The summed E-state index contributed by atoms with van der Waals surface area (Å²) in [6.45, 7) is 7.12. The van der Waals surface area contributed by atoms with Gasteiger partial charge in [-0.15, -0.1) is 0 Å². The third kappa shape index (κ3) is 4.38. The number of amides is 1. The Morgan fingerprint density at radius 3 is 2.53 bits per heavy atom. The second kappa shape index (κ2) is 8.69. The molecule has 2 N–H and O–H groups in total. The number of carbonyl (C=O) groups excluding carboxylic acids is 1. The predicted molar refractivity (Wildman–Crippen MR) is 127 cm³/mol. The Hall–Kier alpha value is -4.09. The molecule has 1 aromatic carbocycles. The second-order valence-corrected chi connectivity index (χ2v) is 8.99. The zero-order valence-electron chi connectivity index (χ0n) is 19.6. The molecule has 8 nitrogen and oxygen atoms in total. The fraction of sp³-hybridized carbons (Fsp3) is 0.269. The molecule has 0 saturated carbocycles. The van der Waals surface area contributed by atoms with Crippen LogP contribution in [0.5, 0.6) is 0 Å². The molecule has 0 unspecified atom stereocenters. The molecule has 4 aromatic rings. The molecular formula is C26H26N6O2.